The highest BCUT2D eigenvalue weighted by atomic mass is 32.1. The van der Waals surface area contributed by atoms with Crippen molar-refractivity contribution in [1.29, 1.82) is 0 Å². The fraction of sp³-hybridized carbons (Fsp3) is 0.368. The van der Waals surface area contributed by atoms with Crippen LogP contribution >= 0.6 is 11.3 Å². The molecule has 1 aromatic carbocycles. The molecule has 2 aliphatic heterocycles. The highest BCUT2D eigenvalue weighted by Gasteiger charge is 2.47. The molecule has 1 N–H and O–H groups in total. The summed E-state index contributed by atoms with van der Waals surface area (Å²) in [5.74, 6) is -6.57. The Balaban J connectivity index is 1.71. The Morgan fingerprint density at radius 1 is 1.16 bits per heavy atom. The van der Waals surface area contributed by atoms with Gasteiger partial charge in [-0.15, -0.1) is 11.3 Å². The Kier molecular flexibility index (Phi) is 5.24. The molecule has 3 heterocycles. The molecular weight excluding hydrogens is 450 g/mol. The molecule has 31 heavy (non-hydrogen) atoms. The van der Waals surface area contributed by atoms with E-state index in [0.29, 0.717) is 22.6 Å². The minimum atomic E-state index is -4.99. The summed E-state index contributed by atoms with van der Waals surface area (Å²) in [5, 5.41) is 2.06. The SMILES string of the molecule is O=C(Nc1sc2c(c1C(=O)N1CC(F)(F)C1)CCOC2)c1c(F)cccc1C(F)(F)F. The van der Waals surface area contributed by atoms with Crippen LogP contribution in [0.5, 0.6) is 0 Å². The number of fused-ring (bicyclic) bond motifs is 1. The molecule has 1 aromatic heterocycles. The first-order valence-electron chi connectivity index (χ1n) is 9.04. The fourth-order valence-corrected chi connectivity index (χ4v) is 4.69. The minimum Gasteiger partial charge on any atom is -0.376 e. The van der Waals surface area contributed by atoms with E-state index in [4.69, 9.17) is 4.74 Å². The monoisotopic (exact) mass is 464 g/mol. The van der Waals surface area contributed by atoms with Crippen molar-refractivity contribution in [2.45, 2.75) is 25.1 Å². The molecule has 4 rings (SSSR count). The fourth-order valence-electron chi connectivity index (χ4n) is 3.52. The maximum Gasteiger partial charge on any atom is 0.417 e. The summed E-state index contributed by atoms with van der Waals surface area (Å²) in [6.45, 7) is -1.25. The van der Waals surface area contributed by atoms with E-state index in [2.05, 4.69) is 5.32 Å². The maximum absolute atomic E-state index is 14.2. The van der Waals surface area contributed by atoms with Gasteiger partial charge in [0.25, 0.3) is 17.7 Å². The molecule has 1 saturated heterocycles. The van der Waals surface area contributed by atoms with Crippen LogP contribution in [0.4, 0.5) is 31.3 Å². The largest absolute Gasteiger partial charge is 0.417 e. The second-order valence-electron chi connectivity index (χ2n) is 7.14. The van der Waals surface area contributed by atoms with Gasteiger partial charge >= 0.3 is 6.18 Å². The van der Waals surface area contributed by atoms with Crippen molar-refractivity contribution in [3.05, 3.63) is 51.1 Å². The number of nitrogens with zero attached hydrogens (tertiary/aromatic N) is 1. The number of halogens is 6. The topological polar surface area (TPSA) is 58.6 Å². The number of ether oxygens (including phenoxy) is 1. The van der Waals surface area contributed by atoms with Crippen LogP contribution in [-0.2, 0) is 23.9 Å². The molecule has 1 fully saturated rings. The number of hydrogen-bond donors (Lipinski definition) is 1. The number of alkyl halides is 5. The minimum absolute atomic E-state index is 0.0722. The molecule has 2 amide bonds. The Morgan fingerprint density at radius 2 is 1.87 bits per heavy atom. The van der Waals surface area contributed by atoms with Crippen molar-refractivity contribution in [2.75, 3.05) is 25.0 Å². The second kappa shape index (κ2) is 7.52. The van der Waals surface area contributed by atoms with Crippen molar-refractivity contribution in [3.8, 4) is 0 Å². The standard InChI is InChI=1S/C19H14F6N2O3S/c20-11-3-1-2-10(19(23,24)25)14(11)15(28)26-16-13(9-4-5-30-6-12(9)31-16)17(29)27-7-18(21,22)8-27/h1-3H,4-8H2,(H,26,28). The molecule has 2 aromatic rings. The van der Waals surface area contributed by atoms with Gasteiger partial charge in [-0.2, -0.15) is 13.2 Å². The van der Waals surface area contributed by atoms with Gasteiger partial charge in [0.1, 0.15) is 10.8 Å². The zero-order valence-corrected chi connectivity index (χ0v) is 16.4. The van der Waals surface area contributed by atoms with Gasteiger partial charge in [0.05, 0.1) is 43.0 Å². The maximum atomic E-state index is 14.2. The quantitative estimate of drug-likeness (QED) is 0.689. The number of hydrogen-bond acceptors (Lipinski definition) is 4. The molecule has 0 unspecified atom stereocenters. The average molecular weight is 464 g/mol. The molecule has 0 radical (unpaired) electrons. The molecule has 5 nitrogen and oxygen atoms in total. The van der Waals surface area contributed by atoms with E-state index in [1.165, 1.54) is 0 Å². The highest BCUT2D eigenvalue weighted by Crippen LogP contribution is 2.40. The number of nitrogens with one attached hydrogen (secondary N) is 1. The third-order valence-corrected chi connectivity index (χ3v) is 6.06. The van der Waals surface area contributed by atoms with Crippen LogP contribution in [0.25, 0.3) is 0 Å². The first-order valence-corrected chi connectivity index (χ1v) is 9.86. The van der Waals surface area contributed by atoms with Crippen LogP contribution in [0.1, 0.15) is 36.7 Å². The molecule has 0 bridgehead atoms. The molecule has 0 spiro atoms. The van der Waals surface area contributed by atoms with Crippen LogP contribution in [0.15, 0.2) is 18.2 Å². The summed E-state index contributed by atoms with van der Waals surface area (Å²) < 4.78 is 85.7. The lowest BCUT2D eigenvalue weighted by atomic mass is 10.0. The average Bonchev–Trinajstić information content (AvgIpc) is 3.02. The van der Waals surface area contributed by atoms with Crippen LogP contribution in [-0.4, -0.2) is 42.3 Å². The van der Waals surface area contributed by atoms with Gasteiger partial charge in [0.2, 0.25) is 0 Å². The molecule has 12 heteroatoms. The van der Waals surface area contributed by atoms with Crippen molar-refractivity contribution in [2.24, 2.45) is 0 Å². The number of rotatable bonds is 3. The first-order chi connectivity index (χ1) is 14.5. The molecular formula is C19H14F6N2O3S. The summed E-state index contributed by atoms with van der Waals surface area (Å²) in [7, 11) is 0. The Morgan fingerprint density at radius 3 is 2.52 bits per heavy atom. The van der Waals surface area contributed by atoms with E-state index in [9.17, 15) is 35.9 Å². The van der Waals surface area contributed by atoms with Crippen molar-refractivity contribution in [3.63, 3.8) is 0 Å². The molecule has 0 atom stereocenters. The van der Waals surface area contributed by atoms with Crippen molar-refractivity contribution >= 4 is 28.2 Å². The summed E-state index contributed by atoms with van der Waals surface area (Å²) in [6, 6.07) is 2.11. The Bertz CT molecular complexity index is 1060. The van der Waals surface area contributed by atoms with Gasteiger partial charge in [0.15, 0.2) is 0 Å². The van der Waals surface area contributed by atoms with Crippen LogP contribution in [0.3, 0.4) is 0 Å². The number of benzene rings is 1. The molecule has 166 valence electrons. The Hall–Kier alpha value is -2.60. The number of amides is 2. The van der Waals surface area contributed by atoms with Gasteiger partial charge in [-0.25, -0.2) is 13.2 Å². The predicted molar refractivity (Wildman–Crippen MR) is 97.9 cm³/mol. The summed E-state index contributed by atoms with van der Waals surface area (Å²) in [4.78, 5) is 26.9. The second-order valence-corrected chi connectivity index (χ2v) is 8.25. The molecule has 0 saturated carbocycles. The first kappa shape index (κ1) is 21.6. The lowest BCUT2D eigenvalue weighted by Crippen LogP contribution is -2.58. The van der Waals surface area contributed by atoms with Crippen LogP contribution < -0.4 is 5.32 Å². The van der Waals surface area contributed by atoms with E-state index in [-0.39, 0.29) is 30.2 Å². The van der Waals surface area contributed by atoms with E-state index < -0.39 is 53.9 Å². The van der Waals surface area contributed by atoms with E-state index >= 15 is 0 Å². The normalized spacial score (nSPS) is 17.7. The number of likely N-dealkylation sites (tertiary alicyclic amines) is 1. The van der Waals surface area contributed by atoms with Crippen molar-refractivity contribution in [1.82, 2.24) is 4.90 Å². The third kappa shape index (κ3) is 4.01. The summed E-state index contributed by atoms with van der Waals surface area (Å²) >= 11 is 0.889. The zero-order valence-electron chi connectivity index (χ0n) is 15.6. The summed E-state index contributed by atoms with van der Waals surface area (Å²) in [5.41, 5.74) is -2.27. The number of anilines is 1. The van der Waals surface area contributed by atoms with Gasteiger partial charge in [-0.1, -0.05) is 6.07 Å². The smallest absolute Gasteiger partial charge is 0.376 e. The van der Waals surface area contributed by atoms with Crippen LogP contribution in [0, 0.1) is 5.82 Å². The van der Waals surface area contributed by atoms with Gasteiger partial charge < -0.3 is 15.0 Å². The Labute approximate surface area is 175 Å². The predicted octanol–water partition coefficient (Wildman–Crippen LogP) is 4.32. The molecule has 2 aliphatic rings. The number of carbonyl (C=O) groups excluding carboxylic acids is 2. The lowest BCUT2D eigenvalue weighted by Gasteiger charge is -2.39. The van der Waals surface area contributed by atoms with E-state index in [0.717, 1.165) is 22.3 Å². The summed E-state index contributed by atoms with van der Waals surface area (Å²) in [6.07, 6.45) is -4.72. The van der Waals surface area contributed by atoms with Gasteiger partial charge in [0, 0.05) is 4.88 Å². The number of carbonyl (C=O) groups is 2. The zero-order chi connectivity index (χ0) is 22.6. The number of thiophene rings is 1. The van der Waals surface area contributed by atoms with Crippen LogP contribution in [0.2, 0.25) is 0 Å². The van der Waals surface area contributed by atoms with Crippen molar-refractivity contribution < 1.29 is 40.7 Å². The lowest BCUT2D eigenvalue weighted by molar-refractivity contribution is -0.138. The van der Waals surface area contributed by atoms with Gasteiger partial charge in [-0.05, 0) is 24.1 Å². The highest BCUT2D eigenvalue weighted by molar-refractivity contribution is 7.17. The van der Waals surface area contributed by atoms with E-state index in [1.54, 1.807) is 0 Å². The molecule has 0 aliphatic carbocycles. The third-order valence-electron chi connectivity index (χ3n) is 4.94. The van der Waals surface area contributed by atoms with E-state index in [1.807, 2.05) is 0 Å². The van der Waals surface area contributed by atoms with Gasteiger partial charge in [-0.3, -0.25) is 9.59 Å².